The summed E-state index contributed by atoms with van der Waals surface area (Å²) in [6.07, 6.45) is 0.917. The van der Waals surface area contributed by atoms with Gasteiger partial charge in [0.05, 0.1) is 6.10 Å². The van der Waals surface area contributed by atoms with Crippen molar-refractivity contribution in [3.05, 3.63) is 12.2 Å². The number of ether oxygens (including phenoxy) is 1. The molecule has 1 saturated carbocycles. The molecule has 0 spiro atoms. The first-order valence-electron chi connectivity index (χ1n) is 5.01. The first-order chi connectivity index (χ1) is 6.82. The highest BCUT2D eigenvalue weighted by atomic mass is 35.5. The minimum atomic E-state index is -0.611. The fourth-order valence-corrected chi connectivity index (χ4v) is 2.12. The third kappa shape index (κ3) is 3.50. The number of alkyl halides is 1. The van der Waals surface area contributed by atoms with Gasteiger partial charge < -0.3 is 9.84 Å². The lowest BCUT2D eigenvalue weighted by molar-refractivity contribution is -0.143. The van der Waals surface area contributed by atoms with Crippen LogP contribution in [-0.2, 0) is 9.53 Å². The number of aliphatic hydroxyl groups is 1. The Morgan fingerprint density at radius 3 is 2.67 bits per heavy atom. The molecular formula is C11H17ClO3. The zero-order valence-electron chi connectivity index (χ0n) is 9.12. The van der Waals surface area contributed by atoms with E-state index in [1.165, 1.54) is 0 Å². The van der Waals surface area contributed by atoms with Crippen molar-refractivity contribution >= 4 is 17.6 Å². The molecule has 0 saturated heterocycles. The number of carbonyl (C=O) groups excluding carboxylic acids is 1. The van der Waals surface area contributed by atoms with Crippen LogP contribution in [0.3, 0.4) is 0 Å². The van der Waals surface area contributed by atoms with Crippen LogP contribution >= 0.6 is 11.6 Å². The fraction of sp³-hybridized carbons (Fsp3) is 0.727. The van der Waals surface area contributed by atoms with Crippen molar-refractivity contribution in [2.24, 2.45) is 5.92 Å². The van der Waals surface area contributed by atoms with Gasteiger partial charge in [-0.25, -0.2) is 4.79 Å². The van der Waals surface area contributed by atoms with Crippen LogP contribution in [0.15, 0.2) is 12.2 Å². The average Bonchev–Trinajstić information content (AvgIpc) is 2.09. The van der Waals surface area contributed by atoms with Gasteiger partial charge in [-0.3, -0.25) is 0 Å². The van der Waals surface area contributed by atoms with Crippen LogP contribution in [0.5, 0.6) is 0 Å². The number of carbonyl (C=O) groups is 1. The molecule has 0 radical (unpaired) electrons. The Kier molecular flexibility index (Phi) is 3.79. The van der Waals surface area contributed by atoms with Gasteiger partial charge in [0.15, 0.2) is 0 Å². The number of rotatable bonds is 4. The molecule has 0 amide bonds. The number of hydrogen-bond acceptors (Lipinski definition) is 3. The second kappa shape index (κ2) is 4.54. The Hall–Kier alpha value is -0.540. The van der Waals surface area contributed by atoms with E-state index in [4.69, 9.17) is 16.3 Å². The van der Waals surface area contributed by atoms with Crippen molar-refractivity contribution in [2.75, 3.05) is 6.61 Å². The predicted octanol–water partition coefficient (Wildman–Crippen LogP) is 1.87. The first-order valence-corrected chi connectivity index (χ1v) is 5.39. The highest BCUT2D eigenvalue weighted by molar-refractivity contribution is 6.24. The molecule has 86 valence electrons. The fourth-order valence-electron chi connectivity index (χ4n) is 1.73. The van der Waals surface area contributed by atoms with Crippen molar-refractivity contribution < 1.29 is 14.6 Å². The van der Waals surface area contributed by atoms with E-state index in [1.807, 2.05) is 6.92 Å². The first kappa shape index (κ1) is 12.5. The number of halogens is 1. The summed E-state index contributed by atoms with van der Waals surface area (Å²) in [6.45, 7) is 7.01. The molecule has 3 nitrogen and oxygen atoms in total. The highest BCUT2D eigenvalue weighted by Crippen LogP contribution is 2.44. The maximum absolute atomic E-state index is 11.0. The van der Waals surface area contributed by atoms with Crippen LogP contribution in [0.2, 0.25) is 0 Å². The van der Waals surface area contributed by atoms with Crippen molar-refractivity contribution in [3.63, 3.8) is 0 Å². The van der Waals surface area contributed by atoms with Crippen LogP contribution in [-0.4, -0.2) is 28.7 Å². The summed E-state index contributed by atoms with van der Waals surface area (Å²) in [4.78, 5) is 10.9. The van der Waals surface area contributed by atoms with E-state index >= 15 is 0 Å². The Labute approximate surface area is 95.1 Å². The molecule has 1 unspecified atom stereocenters. The molecule has 1 N–H and O–H groups in total. The molecule has 1 atom stereocenters. The van der Waals surface area contributed by atoms with E-state index in [9.17, 15) is 9.90 Å². The van der Waals surface area contributed by atoms with Crippen LogP contribution in [0, 0.1) is 5.92 Å². The summed E-state index contributed by atoms with van der Waals surface area (Å²) in [5.74, 6) is -0.313. The van der Waals surface area contributed by atoms with Crippen LogP contribution in [0.25, 0.3) is 0 Å². The summed E-state index contributed by atoms with van der Waals surface area (Å²) in [5.41, 5.74) is 0.345. The molecule has 1 rings (SSSR count). The van der Waals surface area contributed by atoms with Gasteiger partial charge in [-0.2, -0.15) is 0 Å². The Morgan fingerprint density at radius 1 is 1.73 bits per heavy atom. The average molecular weight is 233 g/mol. The molecule has 1 aliphatic carbocycles. The third-order valence-corrected chi connectivity index (χ3v) is 2.96. The maximum Gasteiger partial charge on any atom is 0.333 e. The smallest absolute Gasteiger partial charge is 0.333 e. The Bertz CT molecular complexity index is 265. The number of aliphatic hydroxyl groups excluding tert-OH is 1. The normalized spacial score (nSPS) is 31.6. The summed E-state index contributed by atoms with van der Waals surface area (Å²) in [7, 11) is 0. The highest BCUT2D eigenvalue weighted by Gasteiger charge is 2.42. The van der Waals surface area contributed by atoms with Crippen molar-refractivity contribution in [1.29, 1.82) is 0 Å². The zero-order chi connectivity index (χ0) is 11.6. The minimum Gasteiger partial charge on any atom is -0.460 e. The lowest BCUT2D eigenvalue weighted by Gasteiger charge is -2.42. The lowest BCUT2D eigenvalue weighted by Crippen LogP contribution is -2.44. The largest absolute Gasteiger partial charge is 0.460 e. The van der Waals surface area contributed by atoms with Gasteiger partial charge in [-0.05, 0) is 32.6 Å². The molecular weight excluding hydrogens is 216 g/mol. The third-order valence-electron chi connectivity index (χ3n) is 2.65. The molecule has 1 fully saturated rings. The van der Waals surface area contributed by atoms with Crippen molar-refractivity contribution in [3.8, 4) is 0 Å². The lowest BCUT2D eigenvalue weighted by atomic mass is 9.72. The van der Waals surface area contributed by atoms with Gasteiger partial charge in [0, 0.05) is 10.4 Å². The Morgan fingerprint density at radius 2 is 2.27 bits per heavy atom. The second-order valence-electron chi connectivity index (χ2n) is 4.53. The molecule has 15 heavy (non-hydrogen) atoms. The monoisotopic (exact) mass is 232 g/mol. The number of esters is 1. The van der Waals surface area contributed by atoms with Gasteiger partial charge in [0.1, 0.15) is 6.61 Å². The zero-order valence-corrected chi connectivity index (χ0v) is 9.88. The van der Waals surface area contributed by atoms with Gasteiger partial charge in [0.25, 0.3) is 0 Å². The standard InChI is InChI=1S/C11H17ClO3/c1-7(2)10(14)15-6-9(13)8-4-11(3,12)5-8/h8-9,13H,1,4-6H2,2-3H3. The summed E-state index contributed by atoms with van der Waals surface area (Å²) in [6, 6.07) is 0. The molecule has 0 aliphatic heterocycles. The van der Waals surface area contributed by atoms with Gasteiger partial charge in [0.2, 0.25) is 0 Å². The van der Waals surface area contributed by atoms with Crippen molar-refractivity contribution in [1.82, 2.24) is 0 Å². The molecule has 0 heterocycles. The Balaban J connectivity index is 2.23. The van der Waals surface area contributed by atoms with Crippen LogP contribution < -0.4 is 0 Å². The van der Waals surface area contributed by atoms with Crippen LogP contribution in [0.1, 0.15) is 26.7 Å². The van der Waals surface area contributed by atoms with Gasteiger partial charge in [-0.15, -0.1) is 11.6 Å². The van der Waals surface area contributed by atoms with E-state index in [0.29, 0.717) is 5.57 Å². The molecule has 4 heteroatoms. The van der Waals surface area contributed by atoms with E-state index in [0.717, 1.165) is 12.8 Å². The summed E-state index contributed by atoms with van der Waals surface area (Å²) < 4.78 is 4.86. The van der Waals surface area contributed by atoms with Gasteiger partial charge >= 0.3 is 5.97 Å². The molecule has 0 aromatic heterocycles. The minimum absolute atomic E-state index is 0.0311. The predicted molar refractivity (Wildman–Crippen MR) is 58.8 cm³/mol. The van der Waals surface area contributed by atoms with E-state index in [1.54, 1.807) is 6.92 Å². The van der Waals surface area contributed by atoms with Gasteiger partial charge in [-0.1, -0.05) is 6.58 Å². The van der Waals surface area contributed by atoms with Crippen LogP contribution in [0.4, 0.5) is 0 Å². The maximum atomic E-state index is 11.0. The topological polar surface area (TPSA) is 46.5 Å². The molecule has 0 bridgehead atoms. The second-order valence-corrected chi connectivity index (χ2v) is 5.44. The number of hydrogen-bond donors (Lipinski definition) is 1. The summed E-state index contributed by atoms with van der Waals surface area (Å²) in [5, 5.41) is 9.67. The quantitative estimate of drug-likeness (QED) is 0.457. The van der Waals surface area contributed by atoms with E-state index in [-0.39, 0.29) is 17.4 Å². The summed E-state index contributed by atoms with van der Waals surface area (Å²) >= 11 is 6.02. The van der Waals surface area contributed by atoms with Crippen molar-refractivity contribution in [2.45, 2.75) is 37.7 Å². The SMILES string of the molecule is C=C(C)C(=O)OCC(O)C1CC(C)(Cl)C1. The molecule has 0 aromatic carbocycles. The molecule has 1 aliphatic rings. The molecule has 0 aromatic rings. The van der Waals surface area contributed by atoms with E-state index in [2.05, 4.69) is 6.58 Å². The van der Waals surface area contributed by atoms with E-state index < -0.39 is 12.1 Å².